The van der Waals surface area contributed by atoms with E-state index in [-0.39, 0.29) is 0 Å². The summed E-state index contributed by atoms with van der Waals surface area (Å²) in [7, 11) is 1.69. The molecule has 2 aromatic carbocycles. The minimum Gasteiger partial charge on any atom is -0.496 e. The maximum atomic E-state index is 5.72. The van der Waals surface area contributed by atoms with Crippen LogP contribution in [-0.2, 0) is 6.54 Å². The van der Waals surface area contributed by atoms with Crippen LogP contribution in [-0.4, -0.2) is 17.1 Å². The molecule has 0 unspecified atom stereocenters. The molecule has 4 aromatic rings. The Morgan fingerprint density at radius 2 is 1.76 bits per heavy atom. The molecule has 25 heavy (non-hydrogen) atoms. The quantitative estimate of drug-likeness (QED) is 0.584. The van der Waals surface area contributed by atoms with E-state index in [1.54, 1.807) is 7.11 Å². The van der Waals surface area contributed by atoms with Crippen LogP contribution in [0, 0.1) is 0 Å². The van der Waals surface area contributed by atoms with Gasteiger partial charge < -0.3 is 15.5 Å². The van der Waals surface area contributed by atoms with Crippen LogP contribution < -0.4 is 10.5 Å². The number of nitrogens with two attached hydrogens (primary N) is 1. The number of benzene rings is 2. The minimum absolute atomic E-state index is 0.544. The Bertz CT molecular complexity index is 1020. The molecular formula is C21H19N3O. The van der Waals surface area contributed by atoms with Crippen LogP contribution in [0.25, 0.3) is 33.3 Å². The first kappa shape index (κ1) is 15.4. The predicted octanol–water partition coefficient (Wildman–Crippen LogP) is 4.36. The zero-order valence-corrected chi connectivity index (χ0v) is 14.0. The number of rotatable bonds is 4. The van der Waals surface area contributed by atoms with Crippen molar-refractivity contribution in [1.82, 2.24) is 9.97 Å². The second-order valence-corrected chi connectivity index (χ2v) is 5.89. The molecule has 0 spiro atoms. The Kier molecular flexibility index (Phi) is 3.96. The SMILES string of the molecule is COc1ccccc1-c1c[nH]c2nccc(-c3ccc(CN)cc3)c12. The molecule has 2 aromatic heterocycles. The monoisotopic (exact) mass is 329 g/mol. The smallest absolute Gasteiger partial charge is 0.138 e. The van der Waals surface area contributed by atoms with Crippen molar-refractivity contribution in [3.63, 3.8) is 0 Å². The Labute approximate surface area is 146 Å². The maximum absolute atomic E-state index is 5.72. The molecule has 2 heterocycles. The summed E-state index contributed by atoms with van der Waals surface area (Å²) in [6.07, 6.45) is 3.82. The van der Waals surface area contributed by atoms with Crippen LogP contribution >= 0.6 is 0 Å². The van der Waals surface area contributed by atoms with E-state index >= 15 is 0 Å². The largest absolute Gasteiger partial charge is 0.496 e. The Hall–Kier alpha value is -3.11. The van der Waals surface area contributed by atoms with Gasteiger partial charge in [0.25, 0.3) is 0 Å². The van der Waals surface area contributed by atoms with Crippen molar-refractivity contribution in [2.75, 3.05) is 7.11 Å². The number of hydrogen-bond acceptors (Lipinski definition) is 3. The van der Waals surface area contributed by atoms with E-state index in [1.165, 1.54) is 0 Å². The van der Waals surface area contributed by atoms with E-state index in [2.05, 4.69) is 40.3 Å². The molecule has 0 saturated carbocycles. The Morgan fingerprint density at radius 1 is 0.960 bits per heavy atom. The lowest BCUT2D eigenvalue weighted by Crippen LogP contribution is -1.95. The van der Waals surface area contributed by atoms with E-state index in [9.17, 15) is 0 Å². The summed E-state index contributed by atoms with van der Waals surface area (Å²) in [6.45, 7) is 0.544. The summed E-state index contributed by atoms with van der Waals surface area (Å²) in [6, 6.07) is 18.4. The number of hydrogen-bond donors (Lipinski definition) is 2. The zero-order chi connectivity index (χ0) is 17.2. The fourth-order valence-corrected chi connectivity index (χ4v) is 3.20. The third-order valence-electron chi connectivity index (χ3n) is 4.47. The van der Waals surface area contributed by atoms with E-state index in [4.69, 9.17) is 10.5 Å². The molecule has 0 amide bonds. The van der Waals surface area contributed by atoms with Gasteiger partial charge in [0.05, 0.1) is 7.11 Å². The molecule has 0 aliphatic heterocycles. The highest BCUT2D eigenvalue weighted by atomic mass is 16.5. The lowest BCUT2D eigenvalue weighted by Gasteiger charge is -2.10. The molecule has 0 aliphatic carbocycles. The third-order valence-corrected chi connectivity index (χ3v) is 4.47. The van der Waals surface area contributed by atoms with Crippen LogP contribution in [0.1, 0.15) is 5.56 Å². The van der Waals surface area contributed by atoms with Gasteiger partial charge in [0, 0.05) is 35.5 Å². The first-order valence-corrected chi connectivity index (χ1v) is 8.20. The summed E-state index contributed by atoms with van der Waals surface area (Å²) >= 11 is 0. The van der Waals surface area contributed by atoms with Gasteiger partial charge in [-0.05, 0) is 28.8 Å². The number of ether oxygens (including phenoxy) is 1. The standard InChI is InChI=1S/C21H19N3O/c1-25-19-5-3-2-4-17(19)18-13-24-21-20(18)16(10-11-23-21)15-8-6-14(12-22)7-9-15/h2-11,13H,12,22H2,1H3,(H,23,24). The molecule has 0 atom stereocenters. The summed E-state index contributed by atoms with van der Waals surface area (Å²) < 4.78 is 5.55. The molecule has 4 nitrogen and oxygen atoms in total. The number of aromatic nitrogens is 2. The van der Waals surface area contributed by atoms with Crippen molar-refractivity contribution >= 4 is 11.0 Å². The number of nitrogens with one attached hydrogen (secondary N) is 1. The Balaban J connectivity index is 1.96. The fraction of sp³-hybridized carbons (Fsp3) is 0.0952. The number of H-pyrrole nitrogens is 1. The van der Waals surface area contributed by atoms with E-state index < -0.39 is 0 Å². The van der Waals surface area contributed by atoms with Gasteiger partial charge in [-0.1, -0.05) is 42.5 Å². The van der Waals surface area contributed by atoms with E-state index in [0.717, 1.165) is 44.6 Å². The second-order valence-electron chi connectivity index (χ2n) is 5.89. The van der Waals surface area contributed by atoms with E-state index in [0.29, 0.717) is 6.54 Å². The molecule has 0 saturated heterocycles. The van der Waals surface area contributed by atoms with Gasteiger partial charge in [-0.25, -0.2) is 4.98 Å². The molecule has 124 valence electrons. The molecule has 0 aliphatic rings. The average Bonchev–Trinajstić information content (AvgIpc) is 3.12. The molecule has 0 radical (unpaired) electrons. The minimum atomic E-state index is 0.544. The molecule has 4 rings (SSSR count). The second kappa shape index (κ2) is 6.42. The number of fused-ring (bicyclic) bond motifs is 1. The Morgan fingerprint density at radius 3 is 2.52 bits per heavy atom. The lowest BCUT2D eigenvalue weighted by atomic mass is 9.97. The van der Waals surface area contributed by atoms with Gasteiger partial charge in [-0.3, -0.25) is 0 Å². The highest BCUT2D eigenvalue weighted by Gasteiger charge is 2.15. The van der Waals surface area contributed by atoms with Crippen molar-refractivity contribution in [3.8, 4) is 28.0 Å². The summed E-state index contributed by atoms with van der Waals surface area (Å²) in [5.74, 6) is 0.844. The summed E-state index contributed by atoms with van der Waals surface area (Å²) in [4.78, 5) is 7.77. The van der Waals surface area contributed by atoms with Crippen LogP contribution in [0.3, 0.4) is 0 Å². The molecular weight excluding hydrogens is 310 g/mol. The van der Waals surface area contributed by atoms with Gasteiger partial charge in [-0.15, -0.1) is 0 Å². The third kappa shape index (κ3) is 2.66. The van der Waals surface area contributed by atoms with Crippen LogP contribution in [0.5, 0.6) is 5.75 Å². The fourth-order valence-electron chi connectivity index (χ4n) is 3.20. The van der Waals surface area contributed by atoms with Crippen molar-refractivity contribution in [2.24, 2.45) is 5.73 Å². The number of nitrogens with zero attached hydrogens (tertiary/aromatic N) is 1. The van der Waals surface area contributed by atoms with Crippen LogP contribution in [0.4, 0.5) is 0 Å². The summed E-state index contributed by atoms with van der Waals surface area (Å²) in [5.41, 5.74) is 12.1. The maximum Gasteiger partial charge on any atom is 0.138 e. The first-order chi connectivity index (χ1) is 12.3. The van der Waals surface area contributed by atoms with Crippen molar-refractivity contribution in [1.29, 1.82) is 0 Å². The molecule has 0 bridgehead atoms. The molecule has 0 fully saturated rings. The van der Waals surface area contributed by atoms with Gasteiger partial charge >= 0.3 is 0 Å². The summed E-state index contributed by atoms with van der Waals surface area (Å²) in [5, 5.41) is 1.09. The van der Waals surface area contributed by atoms with Gasteiger partial charge in [0.2, 0.25) is 0 Å². The molecule has 4 heteroatoms. The first-order valence-electron chi connectivity index (χ1n) is 8.20. The van der Waals surface area contributed by atoms with E-state index in [1.807, 2.05) is 36.7 Å². The van der Waals surface area contributed by atoms with Crippen molar-refractivity contribution in [2.45, 2.75) is 6.54 Å². The number of aromatic amines is 1. The van der Waals surface area contributed by atoms with Crippen molar-refractivity contribution < 1.29 is 4.74 Å². The van der Waals surface area contributed by atoms with Crippen LogP contribution in [0.2, 0.25) is 0 Å². The molecule has 3 N–H and O–H groups in total. The van der Waals surface area contributed by atoms with Gasteiger partial charge in [0.15, 0.2) is 0 Å². The number of para-hydroxylation sites is 1. The highest BCUT2D eigenvalue weighted by Crippen LogP contribution is 2.39. The predicted molar refractivity (Wildman–Crippen MR) is 101 cm³/mol. The van der Waals surface area contributed by atoms with Gasteiger partial charge in [0.1, 0.15) is 11.4 Å². The number of pyridine rings is 1. The van der Waals surface area contributed by atoms with Gasteiger partial charge in [-0.2, -0.15) is 0 Å². The topological polar surface area (TPSA) is 63.9 Å². The number of methoxy groups -OCH3 is 1. The highest BCUT2D eigenvalue weighted by molar-refractivity contribution is 6.04. The van der Waals surface area contributed by atoms with Crippen LogP contribution in [0.15, 0.2) is 67.0 Å². The zero-order valence-electron chi connectivity index (χ0n) is 14.0. The normalized spacial score (nSPS) is 11.0. The average molecular weight is 329 g/mol. The lowest BCUT2D eigenvalue weighted by molar-refractivity contribution is 0.416. The van der Waals surface area contributed by atoms with Crippen molar-refractivity contribution in [3.05, 3.63) is 72.6 Å².